The molecule has 4 rings (SSSR count). The number of carbonyl (C=O) groups excluding carboxylic acids is 2. The Morgan fingerprint density at radius 3 is 2.77 bits per heavy atom. The van der Waals surface area contributed by atoms with Crippen LogP contribution in [0.4, 0.5) is 0 Å². The zero-order chi connectivity index (χ0) is 18.5. The number of esters is 1. The molecule has 0 N–H and O–H groups in total. The fourth-order valence-corrected chi connectivity index (χ4v) is 4.43. The average molecular weight is 357 g/mol. The third-order valence-electron chi connectivity index (χ3n) is 5.75. The summed E-state index contributed by atoms with van der Waals surface area (Å²) < 4.78 is 16.5. The highest BCUT2D eigenvalue weighted by Gasteiger charge is 2.67. The number of ether oxygens (including phenoxy) is 3. The maximum absolute atomic E-state index is 13.2. The van der Waals surface area contributed by atoms with Gasteiger partial charge in [0, 0.05) is 0 Å². The van der Waals surface area contributed by atoms with Gasteiger partial charge >= 0.3 is 5.97 Å². The number of hydrogen-bond donors (Lipinski definition) is 0. The van der Waals surface area contributed by atoms with Gasteiger partial charge in [-0.05, 0) is 31.5 Å². The highest BCUT2D eigenvalue weighted by molar-refractivity contribution is 5.91. The molecule has 138 valence electrons. The maximum Gasteiger partial charge on any atom is 0.312 e. The van der Waals surface area contributed by atoms with E-state index in [4.69, 9.17) is 14.2 Å². The standard InChI is InChI=1S/C20H23NO5/c1-4-25-19(23)16-15-9-10-20(26-15)11-21(18(22)17(16)20)12(2)13-5-7-14(24-3)8-6-13/h5-10,12,15-17H,4,11H2,1-3H3/t12-,15+,16-,17-,20+/m0/s1. The number of rotatable bonds is 5. The quantitative estimate of drug-likeness (QED) is 0.596. The van der Waals surface area contributed by atoms with Gasteiger partial charge in [0.05, 0.1) is 38.3 Å². The van der Waals surface area contributed by atoms with Gasteiger partial charge in [0.15, 0.2) is 0 Å². The Labute approximate surface area is 152 Å². The van der Waals surface area contributed by atoms with E-state index in [1.807, 2.05) is 48.2 Å². The van der Waals surface area contributed by atoms with Crippen molar-refractivity contribution >= 4 is 11.9 Å². The third-order valence-corrected chi connectivity index (χ3v) is 5.75. The molecular weight excluding hydrogens is 334 g/mol. The van der Waals surface area contributed by atoms with E-state index in [0.29, 0.717) is 13.2 Å². The van der Waals surface area contributed by atoms with E-state index in [-0.39, 0.29) is 24.0 Å². The summed E-state index contributed by atoms with van der Waals surface area (Å²) in [6.07, 6.45) is 3.49. The summed E-state index contributed by atoms with van der Waals surface area (Å²) in [5.74, 6) is -0.673. The number of benzene rings is 1. The monoisotopic (exact) mass is 357 g/mol. The second-order valence-corrected chi connectivity index (χ2v) is 7.07. The van der Waals surface area contributed by atoms with Crippen molar-refractivity contribution in [2.45, 2.75) is 31.6 Å². The van der Waals surface area contributed by atoms with Crippen LogP contribution in [0.5, 0.6) is 5.75 Å². The first-order valence-corrected chi connectivity index (χ1v) is 8.99. The minimum Gasteiger partial charge on any atom is -0.497 e. The summed E-state index contributed by atoms with van der Waals surface area (Å²) in [5.41, 5.74) is 0.307. The van der Waals surface area contributed by atoms with Crippen LogP contribution in [-0.2, 0) is 19.1 Å². The van der Waals surface area contributed by atoms with Crippen molar-refractivity contribution in [1.29, 1.82) is 0 Å². The molecule has 1 amide bonds. The number of fused-ring (bicyclic) bond motifs is 1. The van der Waals surface area contributed by atoms with Crippen LogP contribution < -0.4 is 4.74 Å². The van der Waals surface area contributed by atoms with Gasteiger partial charge in [0.25, 0.3) is 0 Å². The van der Waals surface area contributed by atoms with Crippen molar-refractivity contribution in [1.82, 2.24) is 4.90 Å². The molecule has 2 bridgehead atoms. The second-order valence-electron chi connectivity index (χ2n) is 7.07. The zero-order valence-electron chi connectivity index (χ0n) is 15.2. The van der Waals surface area contributed by atoms with Crippen LogP contribution in [0.3, 0.4) is 0 Å². The minimum absolute atomic E-state index is 0.0433. The van der Waals surface area contributed by atoms with Crippen molar-refractivity contribution in [2.24, 2.45) is 11.8 Å². The number of likely N-dealkylation sites (tertiary alicyclic amines) is 1. The Kier molecular flexibility index (Phi) is 4.03. The summed E-state index contributed by atoms with van der Waals surface area (Å²) in [4.78, 5) is 27.4. The van der Waals surface area contributed by atoms with Crippen LogP contribution in [0, 0.1) is 11.8 Å². The van der Waals surface area contributed by atoms with Crippen LogP contribution in [0.1, 0.15) is 25.5 Å². The third kappa shape index (κ3) is 2.35. The molecule has 0 saturated carbocycles. The summed E-state index contributed by atoms with van der Waals surface area (Å²) in [7, 11) is 1.62. The Hall–Kier alpha value is -2.34. The van der Waals surface area contributed by atoms with E-state index < -0.39 is 17.4 Å². The van der Waals surface area contributed by atoms with Crippen LogP contribution in [-0.4, -0.2) is 48.7 Å². The van der Waals surface area contributed by atoms with Gasteiger partial charge in [-0.3, -0.25) is 9.59 Å². The fourth-order valence-electron chi connectivity index (χ4n) is 4.43. The summed E-state index contributed by atoms with van der Waals surface area (Å²) in [6, 6.07) is 7.57. The topological polar surface area (TPSA) is 65.1 Å². The van der Waals surface area contributed by atoms with E-state index in [2.05, 4.69) is 0 Å². The van der Waals surface area contributed by atoms with Crippen molar-refractivity contribution < 1.29 is 23.8 Å². The summed E-state index contributed by atoms with van der Waals surface area (Å²) in [5, 5.41) is 0. The van der Waals surface area contributed by atoms with Crippen molar-refractivity contribution in [3.63, 3.8) is 0 Å². The molecule has 3 aliphatic heterocycles. The molecule has 2 fully saturated rings. The highest BCUT2D eigenvalue weighted by Crippen LogP contribution is 2.53. The van der Waals surface area contributed by atoms with E-state index in [1.165, 1.54) is 0 Å². The molecule has 0 aliphatic carbocycles. The van der Waals surface area contributed by atoms with Gasteiger partial charge in [-0.1, -0.05) is 24.3 Å². The lowest BCUT2D eigenvalue weighted by Gasteiger charge is -2.27. The van der Waals surface area contributed by atoms with E-state index in [0.717, 1.165) is 11.3 Å². The Bertz CT molecular complexity index is 758. The molecule has 0 radical (unpaired) electrons. The summed E-state index contributed by atoms with van der Waals surface area (Å²) >= 11 is 0. The first kappa shape index (κ1) is 17.1. The lowest BCUT2D eigenvalue weighted by molar-refractivity contribution is -0.153. The van der Waals surface area contributed by atoms with Gasteiger partial charge < -0.3 is 19.1 Å². The zero-order valence-corrected chi connectivity index (χ0v) is 15.2. The minimum atomic E-state index is -0.708. The predicted molar refractivity (Wildman–Crippen MR) is 93.5 cm³/mol. The van der Waals surface area contributed by atoms with Crippen LogP contribution >= 0.6 is 0 Å². The first-order chi connectivity index (χ1) is 12.5. The molecule has 1 aromatic carbocycles. The highest BCUT2D eigenvalue weighted by atomic mass is 16.6. The van der Waals surface area contributed by atoms with Crippen LogP contribution in [0.15, 0.2) is 36.4 Å². The molecular formula is C20H23NO5. The molecule has 26 heavy (non-hydrogen) atoms. The summed E-state index contributed by atoms with van der Waals surface area (Å²) in [6.45, 7) is 4.51. The largest absolute Gasteiger partial charge is 0.497 e. The molecule has 6 nitrogen and oxygen atoms in total. The van der Waals surface area contributed by atoms with E-state index in [1.54, 1.807) is 14.0 Å². The molecule has 0 unspecified atom stereocenters. The Balaban J connectivity index is 1.60. The average Bonchev–Trinajstić information content (AvgIpc) is 3.29. The van der Waals surface area contributed by atoms with Crippen molar-refractivity contribution in [3.05, 3.63) is 42.0 Å². The van der Waals surface area contributed by atoms with Gasteiger partial charge in [-0.15, -0.1) is 0 Å². The molecule has 3 heterocycles. The smallest absolute Gasteiger partial charge is 0.312 e. The van der Waals surface area contributed by atoms with E-state index >= 15 is 0 Å². The molecule has 1 spiro atoms. The lowest BCUT2D eigenvalue weighted by Crippen LogP contribution is -2.40. The molecule has 2 saturated heterocycles. The van der Waals surface area contributed by atoms with Crippen molar-refractivity contribution in [2.75, 3.05) is 20.3 Å². The number of hydrogen-bond acceptors (Lipinski definition) is 5. The number of nitrogens with zero attached hydrogens (tertiary/aromatic N) is 1. The van der Waals surface area contributed by atoms with Gasteiger partial charge in [0.2, 0.25) is 5.91 Å². The Morgan fingerprint density at radius 2 is 2.12 bits per heavy atom. The first-order valence-electron chi connectivity index (χ1n) is 8.99. The number of carbonyl (C=O) groups is 2. The second kappa shape index (κ2) is 6.13. The lowest BCUT2D eigenvalue weighted by atomic mass is 9.77. The number of methoxy groups -OCH3 is 1. The molecule has 6 heteroatoms. The molecule has 3 aliphatic rings. The SMILES string of the molecule is CCOC(=O)[C@@H]1[C@H]2C(=O)N([C@@H](C)c3ccc(OC)cc3)C[C@]23C=C[C@H]1O3. The molecule has 5 atom stereocenters. The van der Waals surface area contributed by atoms with Gasteiger partial charge in [-0.25, -0.2) is 0 Å². The van der Waals surface area contributed by atoms with Crippen LogP contribution in [0.25, 0.3) is 0 Å². The predicted octanol–water partition coefficient (Wildman–Crippen LogP) is 2.10. The van der Waals surface area contributed by atoms with Crippen molar-refractivity contribution in [3.8, 4) is 5.75 Å². The van der Waals surface area contributed by atoms with Gasteiger partial charge in [-0.2, -0.15) is 0 Å². The molecule has 0 aromatic heterocycles. The normalized spacial score (nSPS) is 32.7. The van der Waals surface area contributed by atoms with Gasteiger partial charge in [0.1, 0.15) is 17.3 Å². The van der Waals surface area contributed by atoms with Crippen LogP contribution in [0.2, 0.25) is 0 Å². The Morgan fingerprint density at radius 1 is 1.38 bits per heavy atom. The number of amides is 1. The maximum atomic E-state index is 13.2. The molecule has 1 aromatic rings. The fraction of sp³-hybridized carbons (Fsp3) is 0.500. The van der Waals surface area contributed by atoms with E-state index in [9.17, 15) is 9.59 Å².